The third-order valence-electron chi connectivity index (χ3n) is 2.44. The summed E-state index contributed by atoms with van der Waals surface area (Å²) in [7, 11) is 0. The lowest BCUT2D eigenvalue weighted by atomic mass is 10.1. The number of nitrogens with zero attached hydrogens (tertiary/aromatic N) is 1. The first-order chi connectivity index (χ1) is 4.47. The van der Waals surface area contributed by atoms with E-state index >= 15 is 0 Å². The minimum absolute atomic E-state index is 0. The molecule has 0 radical (unpaired) electrons. The Morgan fingerprint density at radius 2 is 1.91 bits per heavy atom. The molecule has 0 spiro atoms. The summed E-state index contributed by atoms with van der Waals surface area (Å²) in [4.78, 5) is 2.58. The molecule has 1 N–H and O–H groups in total. The lowest BCUT2D eigenvalue weighted by molar-refractivity contribution is 0.128. The van der Waals surface area contributed by atoms with Gasteiger partial charge in [0.2, 0.25) is 0 Å². The van der Waals surface area contributed by atoms with Crippen molar-refractivity contribution in [1.82, 2.24) is 10.2 Å². The fourth-order valence-electron chi connectivity index (χ4n) is 1.66. The fourth-order valence-corrected chi connectivity index (χ4v) is 1.66. The first kappa shape index (κ1) is 11.5. The Labute approximate surface area is 80.5 Å². The van der Waals surface area contributed by atoms with E-state index < -0.39 is 0 Å². The highest BCUT2D eigenvalue weighted by Gasteiger charge is 2.25. The first-order valence-electron chi connectivity index (χ1n) is 3.91. The number of hydrogen-bond donors (Lipinski definition) is 1. The zero-order chi connectivity index (χ0) is 6.10. The summed E-state index contributed by atoms with van der Waals surface area (Å²) in [6, 6.07) is 0.888. The van der Waals surface area contributed by atoms with Gasteiger partial charge < -0.3 is 5.32 Å². The number of nitrogens with one attached hydrogen (secondary N) is 1. The van der Waals surface area contributed by atoms with E-state index in [0.717, 1.165) is 6.04 Å². The third-order valence-corrected chi connectivity index (χ3v) is 2.44. The molecule has 0 aromatic carbocycles. The Hall–Kier alpha value is 0.500. The monoisotopic (exact) mass is 198 g/mol. The Morgan fingerprint density at radius 1 is 1.18 bits per heavy atom. The van der Waals surface area contributed by atoms with Crippen LogP contribution in [0.5, 0.6) is 0 Å². The van der Waals surface area contributed by atoms with Crippen LogP contribution in [0, 0.1) is 0 Å². The molecule has 2 heterocycles. The highest BCUT2D eigenvalue weighted by Crippen LogP contribution is 2.15. The van der Waals surface area contributed by atoms with Crippen molar-refractivity contribution < 1.29 is 0 Å². The van der Waals surface area contributed by atoms with E-state index in [1.807, 2.05) is 0 Å². The van der Waals surface area contributed by atoms with Crippen molar-refractivity contribution in [2.75, 3.05) is 26.2 Å². The van der Waals surface area contributed by atoms with E-state index in [9.17, 15) is 0 Å². The minimum Gasteiger partial charge on any atom is -0.315 e. The minimum atomic E-state index is 0. The summed E-state index contributed by atoms with van der Waals surface area (Å²) in [5, 5.41) is 3.38. The molecular formula is C7H16Cl2N2. The molecule has 2 saturated heterocycles. The van der Waals surface area contributed by atoms with Gasteiger partial charge in [-0.1, -0.05) is 0 Å². The van der Waals surface area contributed by atoms with Gasteiger partial charge in [-0.3, -0.25) is 4.90 Å². The van der Waals surface area contributed by atoms with E-state index in [4.69, 9.17) is 0 Å². The van der Waals surface area contributed by atoms with Gasteiger partial charge in [0.15, 0.2) is 0 Å². The van der Waals surface area contributed by atoms with Gasteiger partial charge in [-0.05, 0) is 32.5 Å². The van der Waals surface area contributed by atoms with Crippen molar-refractivity contribution in [3.05, 3.63) is 0 Å². The van der Waals surface area contributed by atoms with Crippen LogP contribution in [-0.4, -0.2) is 37.1 Å². The highest BCUT2D eigenvalue weighted by molar-refractivity contribution is 5.85. The molecular weight excluding hydrogens is 183 g/mol. The lowest BCUT2D eigenvalue weighted by Crippen LogP contribution is -2.45. The standard InChI is InChI=1S/C7H14N2.2ClH/c1-4-9(5-1)7-2-3-8-6-7;;/h7-8H,1-6H2;2*1H. The molecule has 0 amide bonds. The quantitative estimate of drug-likeness (QED) is 0.674. The summed E-state index contributed by atoms with van der Waals surface area (Å²) < 4.78 is 0. The van der Waals surface area contributed by atoms with E-state index in [1.165, 1.54) is 39.0 Å². The van der Waals surface area contributed by atoms with Crippen LogP contribution in [0.4, 0.5) is 0 Å². The molecule has 0 bridgehead atoms. The number of rotatable bonds is 1. The smallest absolute Gasteiger partial charge is 0.0232 e. The topological polar surface area (TPSA) is 15.3 Å². The molecule has 2 nitrogen and oxygen atoms in total. The van der Waals surface area contributed by atoms with E-state index in [2.05, 4.69) is 10.2 Å². The normalized spacial score (nSPS) is 30.0. The van der Waals surface area contributed by atoms with Crippen LogP contribution < -0.4 is 5.32 Å². The van der Waals surface area contributed by atoms with Crippen LogP contribution in [0.25, 0.3) is 0 Å². The molecule has 4 heteroatoms. The number of likely N-dealkylation sites (tertiary alicyclic amines) is 1. The van der Waals surface area contributed by atoms with Gasteiger partial charge in [-0.25, -0.2) is 0 Å². The maximum Gasteiger partial charge on any atom is 0.0232 e. The molecule has 2 aliphatic rings. The largest absolute Gasteiger partial charge is 0.315 e. The Balaban J connectivity index is 0.000000500. The van der Waals surface area contributed by atoms with E-state index in [1.54, 1.807) is 0 Å². The molecule has 1 unspecified atom stereocenters. The van der Waals surface area contributed by atoms with Gasteiger partial charge >= 0.3 is 0 Å². The summed E-state index contributed by atoms with van der Waals surface area (Å²) in [5.74, 6) is 0. The highest BCUT2D eigenvalue weighted by atomic mass is 35.5. The molecule has 2 fully saturated rings. The Morgan fingerprint density at radius 3 is 2.27 bits per heavy atom. The van der Waals surface area contributed by atoms with Crippen molar-refractivity contribution in [2.24, 2.45) is 0 Å². The molecule has 11 heavy (non-hydrogen) atoms. The molecule has 0 aromatic rings. The molecule has 2 aliphatic heterocycles. The molecule has 68 valence electrons. The van der Waals surface area contributed by atoms with Crippen LogP contribution >= 0.6 is 24.8 Å². The molecule has 2 rings (SSSR count). The molecule has 0 aromatic heterocycles. The van der Waals surface area contributed by atoms with Crippen molar-refractivity contribution in [1.29, 1.82) is 0 Å². The van der Waals surface area contributed by atoms with Crippen molar-refractivity contribution in [3.63, 3.8) is 0 Å². The third kappa shape index (κ3) is 2.48. The summed E-state index contributed by atoms with van der Waals surface area (Å²) in [6.07, 6.45) is 2.80. The van der Waals surface area contributed by atoms with Crippen LogP contribution in [-0.2, 0) is 0 Å². The zero-order valence-electron chi connectivity index (χ0n) is 6.58. The molecule has 0 aliphatic carbocycles. The van der Waals surface area contributed by atoms with Gasteiger partial charge in [0, 0.05) is 12.6 Å². The summed E-state index contributed by atoms with van der Waals surface area (Å²) in [6.45, 7) is 5.18. The van der Waals surface area contributed by atoms with Gasteiger partial charge in [0.05, 0.1) is 0 Å². The van der Waals surface area contributed by atoms with Gasteiger partial charge in [0.1, 0.15) is 0 Å². The van der Waals surface area contributed by atoms with E-state index in [-0.39, 0.29) is 24.8 Å². The molecule has 1 atom stereocenters. The van der Waals surface area contributed by atoms with Crippen molar-refractivity contribution in [2.45, 2.75) is 18.9 Å². The van der Waals surface area contributed by atoms with Crippen LogP contribution in [0.1, 0.15) is 12.8 Å². The van der Waals surface area contributed by atoms with Crippen LogP contribution in [0.2, 0.25) is 0 Å². The number of hydrogen-bond acceptors (Lipinski definition) is 2. The second kappa shape index (κ2) is 5.20. The molecule has 0 saturated carbocycles. The van der Waals surface area contributed by atoms with Gasteiger partial charge in [-0.15, -0.1) is 24.8 Å². The first-order valence-corrected chi connectivity index (χ1v) is 3.91. The Kier molecular flexibility index (Phi) is 5.44. The van der Waals surface area contributed by atoms with Crippen LogP contribution in [0.3, 0.4) is 0 Å². The zero-order valence-corrected chi connectivity index (χ0v) is 8.22. The average Bonchev–Trinajstić information content (AvgIpc) is 2.11. The summed E-state index contributed by atoms with van der Waals surface area (Å²) >= 11 is 0. The van der Waals surface area contributed by atoms with E-state index in [0.29, 0.717) is 0 Å². The second-order valence-corrected chi connectivity index (χ2v) is 3.04. The fraction of sp³-hybridized carbons (Fsp3) is 1.00. The Bertz CT molecular complexity index is 101. The maximum atomic E-state index is 3.38. The van der Waals surface area contributed by atoms with Gasteiger partial charge in [0.25, 0.3) is 0 Å². The lowest BCUT2D eigenvalue weighted by Gasteiger charge is -2.35. The van der Waals surface area contributed by atoms with Gasteiger partial charge in [-0.2, -0.15) is 0 Å². The predicted octanol–water partition coefficient (Wildman–Crippen LogP) is 0.898. The van der Waals surface area contributed by atoms with Crippen molar-refractivity contribution >= 4 is 24.8 Å². The second-order valence-electron chi connectivity index (χ2n) is 3.04. The van der Waals surface area contributed by atoms with Crippen molar-refractivity contribution in [3.8, 4) is 0 Å². The van der Waals surface area contributed by atoms with Crippen LogP contribution in [0.15, 0.2) is 0 Å². The number of halogens is 2. The predicted molar refractivity (Wildman–Crippen MR) is 52.0 cm³/mol. The average molecular weight is 199 g/mol. The summed E-state index contributed by atoms with van der Waals surface area (Å²) in [5.41, 5.74) is 0. The SMILES string of the molecule is C1CN(C2CCNC2)C1.Cl.Cl. The maximum absolute atomic E-state index is 3.38.